The Morgan fingerprint density at radius 3 is 2.11 bits per heavy atom. The van der Waals surface area contributed by atoms with Crippen LogP contribution in [0.5, 0.6) is 0 Å². The number of nitrogens with zero attached hydrogens (tertiary/aromatic N) is 2. The normalized spacial score (nSPS) is 10.6. The predicted molar refractivity (Wildman–Crippen MR) is 110 cm³/mol. The van der Waals surface area contributed by atoms with Crippen LogP contribution in [-0.4, -0.2) is 15.0 Å². The Morgan fingerprint density at radius 2 is 1.46 bits per heavy atom. The quantitative estimate of drug-likeness (QED) is 0.650. The molecule has 0 saturated heterocycles. The van der Waals surface area contributed by atoms with Gasteiger partial charge in [0.15, 0.2) is 0 Å². The van der Waals surface area contributed by atoms with E-state index in [9.17, 15) is 14.4 Å². The molecule has 3 rings (SSSR count). The fourth-order valence-electron chi connectivity index (χ4n) is 2.76. The van der Waals surface area contributed by atoms with Gasteiger partial charge in [0.05, 0.1) is 6.54 Å². The number of rotatable bonds is 6. The van der Waals surface area contributed by atoms with Crippen molar-refractivity contribution in [2.75, 3.05) is 5.32 Å². The molecule has 0 atom stereocenters. The number of aromatic nitrogens is 2. The van der Waals surface area contributed by atoms with Gasteiger partial charge in [-0.25, -0.2) is 0 Å². The minimum Gasteiger partial charge on any atom is -0.325 e. The van der Waals surface area contributed by atoms with Gasteiger partial charge in [-0.15, -0.1) is 0 Å². The molecule has 0 spiro atoms. The van der Waals surface area contributed by atoms with Gasteiger partial charge in [0.1, 0.15) is 6.54 Å². The molecule has 28 heavy (non-hydrogen) atoms. The summed E-state index contributed by atoms with van der Waals surface area (Å²) in [7, 11) is 0. The maximum Gasteiger partial charge on any atom is 0.316 e. The van der Waals surface area contributed by atoms with Gasteiger partial charge in [-0.2, -0.15) is 0 Å². The second kappa shape index (κ2) is 8.71. The van der Waals surface area contributed by atoms with Crippen molar-refractivity contribution in [1.29, 1.82) is 0 Å². The van der Waals surface area contributed by atoms with E-state index in [2.05, 4.69) is 12.2 Å². The summed E-state index contributed by atoms with van der Waals surface area (Å²) in [5.74, 6) is -0.374. The van der Waals surface area contributed by atoms with Gasteiger partial charge in [-0.1, -0.05) is 42.8 Å². The van der Waals surface area contributed by atoms with Crippen LogP contribution in [0.15, 0.2) is 70.5 Å². The first-order valence-corrected chi connectivity index (χ1v) is 9.27. The molecule has 1 aromatic heterocycles. The molecule has 0 unspecified atom stereocenters. The van der Waals surface area contributed by atoms with Crippen LogP contribution in [0.4, 0.5) is 5.69 Å². The number of amides is 1. The van der Waals surface area contributed by atoms with Crippen LogP contribution in [0.3, 0.4) is 0 Å². The second-order valence-electron chi connectivity index (χ2n) is 6.39. The number of benzene rings is 2. The molecule has 0 saturated carbocycles. The molecule has 2 aromatic carbocycles. The summed E-state index contributed by atoms with van der Waals surface area (Å²) < 4.78 is 2.42. The molecule has 0 aliphatic heterocycles. The standard InChI is InChI=1S/C21H20ClN3O3/c1-2-15-5-9-18(10-6-15)23-19(26)14-25-12-11-24(20(27)21(25)28)13-16-3-7-17(22)8-4-16/h3-12H,2,13-14H2,1H3,(H,23,26). The van der Waals surface area contributed by atoms with E-state index in [0.29, 0.717) is 10.7 Å². The number of carbonyl (C=O) groups excluding carboxylic acids is 1. The molecule has 3 aromatic rings. The average molecular weight is 398 g/mol. The molecule has 0 bridgehead atoms. The topological polar surface area (TPSA) is 73.1 Å². The highest BCUT2D eigenvalue weighted by Gasteiger charge is 2.10. The summed E-state index contributed by atoms with van der Waals surface area (Å²) >= 11 is 5.85. The van der Waals surface area contributed by atoms with Crippen molar-refractivity contribution < 1.29 is 4.79 Å². The molecule has 0 aliphatic carbocycles. The monoisotopic (exact) mass is 397 g/mol. The van der Waals surface area contributed by atoms with Gasteiger partial charge >= 0.3 is 11.1 Å². The maximum absolute atomic E-state index is 12.3. The lowest BCUT2D eigenvalue weighted by atomic mass is 10.1. The van der Waals surface area contributed by atoms with Crippen LogP contribution in [0.1, 0.15) is 18.1 Å². The maximum atomic E-state index is 12.3. The van der Waals surface area contributed by atoms with E-state index < -0.39 is 11.1 Å². The number of hydrogen-bond donors (Lipinski definition) is 1. The van der Waals surface area contributed by atoms with Crippen LogP contribution in [-0.2, 0) is 24.3 Å². The third kappa shape index (κ3) is 4.78. The third-order valence-electron chi connectivity index (χ3n) is 4.36. The van der Waals surface area contributed by atoms with Crippen LogP contribution in [0.2, 0.25) is 5.02 Å². The van der Waals surface area contributed by atoms with Gasteiger partial charge < -0.3 is 9.88 Å². The molecule has 0 aliphatic rings. The molecule has 144 valence electrons. The van der Waals surface area contributed by atoms with Crippen LogP contribution in [0.25, 0.3) is 0 Å². The highest BCUT2D eigenvalue weighted by Crippen LogP contribution is 2.11. The van der Waals surface area contributed by atoms with Crippen LogP contribution in [0, 0.1) is 0 Å². The number of nitrogens with one attached hydrogen (secondary N) is 1. The molecule has 1 N–H and O–H groups in total. The predicted octanol–water partition coefficient (Wildman–Crippen LogP) is 2.91. The van der Waals surface area contributed by atoms with Crippen LogP contribution < -0.4 is 16.4 Å². The number of anilines is 1. The summed E-state index contributed by atoms with van der Waals surface area (Å²) in [6.07, 6.45) is 3.86. The van der Waals surface area contributed by atoms with E-state index >= 15 is 0 Å². The first-order valence-electron chi connectivity index (χ1n) is 8.89. The molecule has 0 fully saturated rings. The van der Waals surface area contributed by atoms with Gasteiger partial charge in [-0.05, 0) is 41.8 Å². The van der Waals surface area contributed by atoms with E-state index in [1.54, 1.807) is 24.3 Å². The van der Waals surface area contributed by atoms with Gasteiger partial charge in [-0.3, -0.25) is 19.0 Å². The Balaban J connectivity index is 1.71. The minimum absolute atomic E-state index is 0.231. The van der Waals surface area contributed by atoms with Gasteiger partial charge in [0, 0.05) is 23.1 Å². The summed E-state index contributed by atoms with van der Waals surface area (Å²) in [6.45, 7) is 2.07. The lowest BCUT2D eigenvalue weighted by molar-refractivity contribution is -0.116. The van der Waals surface area contributed by atoms with Crippen molar-refractivity contribution in [2.45, 2.75) is 26.4 Å². The summed E-state index contributed by atoms with van der Waals surface area (Å²) in [5.41, 5.74) is 1.23. The van der Waals surface area contributed by atoms with E-state index in [1.165, 1.54) is 22.5 Å². The summed E-state index contributed by atoms with van der Waals surface area (Å²) in [5, 5.41) is 3.33. The number of carbonyl (C=O) groups is 1. The van der Waals surface area contributed by atoms with Crippen molar-refractivity contribution in [3.8, 4) is 0 Å². The Kier molecular flexibility index (Phi) is 6.11. The SMILES string of the molecule is CCc1ccc(NC(=O)Cn2ccn(Cc3ccc(Cl)cc3)c(=O)c2=O)cc1. The van der Waals surface area contributed by atoms with Crippen LogP contribution >= 0.6 is 11.6 Å². The van der Waals surface area contributed by atoms with Crippen molar-refractivity contribution >= 4 is 23.2 Å². The largest absolute Gasteiger partial charge is 0.325 e. The molecule has 1 amide bonds. The zero-order chi connectivity index (χ0) is 20.1. The zero-order valence-corrected chi connectivity index (χ0v) is 16.1. The number of aryl methyl sites for hydroxylation is 1. The summed E-state index contributed by atoms with van der Waals surface area (Å²) in [6, 6.07) is 14.5. The smallest absolute Gasteiger partial charge is 0.316 e. The number of halogens is 1. The lowest BCUT2D eigenvalue weighted by Gasteiger charge is -2.10. The Morgan fingerprint density at radius 1 is 0.893 bits per heavy atom. The van der Waals surface area contributed by atoms with E-state index in [0.717, 1.165) is 16.6 Å². The molecule has 7 heteroatoms. The van der Waals surface area contributed by atoms with E-state index in [-0.39, 0.29) is 19.0 Å². The Hall–Kier alpha value is -3.12. The molecule has 0 radical (unpaired) electrons. The van der Waals surface area contributed by atoms with Crippen molar-refractivity contribution in [1.82, 2.24) is 9.13 Å². The zero-order valence-electron chi connectivity index (χ0n) is 15.4. The highest BCUT2D eigenvalue weighted by molar-refractivity contribution is 6.30. The van der Waals surface area contributed by atoms with E-state index in [4.69, 9.17) is 11.6 Å². The second-order valence-corrected chi connectivity index (χ2v) is 6.83. The van der Waals surface area contributed by atoms with Gasteiger partial charge in [0.2, 0.25) is 5.91 Å². The van der Waals surface area contributed by atoms with E-state index in [1.807, 2.05) is 24.3 Å². The molecule has 1 heterocycles. The highest BCUT2D eigenvalue weighted by atomic mass is 35.5. The fourth-order valence-corrected chi connectivity index (χ4v) is 2.88. The Labute approximate surface area is 167 Å². The first-order chi connectivity index (χ1) is 13.5. The van der Waals surface area contributed by atoms with Crippen molar-refractivity contribution in [3.05, 3.63) is 97.8 Å². The molecule has 6 nitrogen and oxygen atoms in total. The fraction of sp³-hybridized carbons (Fsp3) is 0.190. The minimum atomic E-state index is -0.743. The number of hydrogen-bond acceptors (Lipinski definition) is 3. The molecular formula is C21H20ClN3O3. The third-order valence-corrected chi connectivity index (χ3v) is 4.61. The summed E-state index contributed by atoms with van der Waals surface area (Å²) in [4.78, 5) is 36.9. The first kappa shape index (κ1) is 19.6. The average Bonchev–Trinajstić information content (AvgIpc) is 2.70. The van der Waals surface area contributed by atoms with Crippen molar-refractivity contribution in [2.24, 2.45) is 0 Å². The van der Waals surface area contributed by atoms with Crippen molar-refractivity contribution in [3.63, 3.8) is 0 Å². The van der Waals surface area contributed by atoms with Gasteiger partial charge in [0.25, 0.3) is 0 Å². The molecular weight excluding hydrogens is 378 g/mol. The lowest BCUT2D eigenvalue weighted by Crippen LogP contribution is -2.42. The Bertz CT molecular complexity index is 1080.